The maximum absolute atomic E-state index is 11.0. The normalized spacial score (nSPS) is 17.2. The van der Waals surface area contributed by atoms with E-state index in [1.807, 2.05) is 4.90 Å². The highest BCUT2D eigenvalue weighted by Crippen LogP contribution is 2.27. The summed E-state index contributed by atoms with van der Waals surface area (Å²) in [4.78, 5) is 19.0. The molecule has 1 aromatic rings. The van der Waals surface area contributed by atoms with Crippen LogP contribution in [-0.4, -0.2) is 48.0 Å². The van der Waals surface area contributed by atoms with Crippen LogP contribution in [0.25, 0.3) is 0 Å². The number of rotatable bonds is 3. The number of anilines is 1. The maximum atomic E-state index is 11.0. The molecular weight excluding hydrogens is 232 g/mol. The summed E-state index contributed by atoms with van der Waals surface area (Å²) in [6.45, 7) is 1.64. The Morgan fingerprint density at radius 1 is 1.44 bits per heavy atom. The topological polar surface area (TPSA) is 62.5 Å². The summed E-state index contributed by atoms with van der Waals surface area (Å²) < 4.78 is 0. The molecule has 1 aliphatic rings. The molecular formula is C12H18N4O2. The number of pyridine rings is 1. The third-order valence-corrected chi connectivity index (χ3v) is 3.46. The molecule has 0 aliphatic carbocycles. The molecule has 0 saturated carbocycles. The van der Waals surface area contributed by atoms with Crippen LogP contribution in [0.2, 0.25) is 0 Å². The number of nitro groups is 1. The van der Waals surface area contributed by atoms with E-state index in [4.69, 9.17) is 0 Å². The average Bonchev–Trinajstić information content (AvgIpc) is 2.39. The molecule has 0 N–H and O–H groups in total. The van der Waals surface area contributed by atoms with Gasteiger partial charge in [-0.15, -0.1) is 0 Å². The van der Waals surface area contributed by atoms with Crippen molar-refractivity contribution in [2.24, 2.45) is 0 Å². The van der Waals surface area contributed by atoms with E-state index in [-0.39, 0.29) is 10.6 Å². The third-order valence-electron chi connectivity index (χ3n) is 3.46. The van der Waals surface area contributed by atoms with E-state index in [9.17, 15) is 10.1 Å². The van der Waals surface area contributed by atoms with Gasteiger partial charge < -0.3 is 9.80 Å². The fraction of sp³-hybridized carbons (Fsp3) is 0.583. The standard InChI is InChI=1S/C12H18N4O2/c1-14(2)10-5-8-15(9-6-10)12-11(16(17)18)4-3-7-13-12/h3-4,7,10H,5-6,8-9H2,1-2H3. The molecule has 6 heteroatoms. The molecule has 0 aromatic carbocycles. The molecule has 1 fully saturated rings. The summed E-state index contributed by atoms with van der Waals surface area (Å²) in [6, 6.07) is 3.68. The van der Waals surface area contributed by atoms with Crippen molar-refractivity contribution < 1.29 is 4.92 Å². The lowest BCUT2D eigenvalue weighted by Gasteiger charge is -2.35. The molecule has 0 bridgehead atoms. The predicted molar refractivity (Wildman–Crippen MR) is 69.8 cm³/mol. The zero-order valence-electron chi connectivity index (χ0n) is 10.7. The van der Waals surface area contributed by atoms with Gasteiger partial charge in [0, 0.05) is 31.4 Å². The van der Waals surface area contributed by atoms with Crippen molar-refractivity contribution in [3.63, 3.8) is 0 Å². The van der Waals surface area contributed by atoms with Crippen LogP contribution in [0.3, 0.4) is 0 Å². The van der Waals surface area contributed by atoms with Crippen LogP contribution in [-0.2, 0) is 0 Å². The Bertz CT molecular complexity index is 428. The molecule has 0 amide bonds. The molecule has 1 aromatic heterocycles. The molecule has 18 heavy (non-hydrogen) atoms. The minimum atomic E-state index is -0.361. The van der Waals surface area contributed by atoms with Crippen LogP contribution in [0.1, 0.15) is 12.8 Å². The van der Waals surface area contributed by atoms with Crippen molar-refractivity contribution >= 4 is 11.5 Å². The van der Waals surface area contributed by atoms with E-state index in [1.54, 1.807) is 12.3 Å². The monoisotopic (exact) mass is 250 g/mol. The minimum absolute atomic E-state index is 0.0980. The molecule has 0 unspecified atom stereocenters. The molecule has 0 spiro atoms. The first-order chi connectivity index (χ1) is 8.59. The van der Waals surface area contributed by atoms with Crippen LogP contribution < -0.4 is 4.90 Å². The zero-order chi connectivity index (χ0) is 13.1. The van der Waals surface area contributed by atoms with Crippen LogP contribution in [0.15, 0.2) is 18.3 Å². The predicted octanol–water partition coefficient (Wildman–Crippen LogP) is 1.52. The van der Waals surface area contributed by atoms with E-state index in [2.05, 4.69) is 24.0 Å². The lowest BCUT2D eigenvalue weighted by molar-refractivity contribution is -0.384. The summed E-state index contributed by atoms with van der Waals surface area (Å²) in [5, 5.41) is 11.0. The number of hydrogen-bond acceptors (Lipinski definition) is 5. The van der Waals surface area contributed by atoms with Gasteiger partial charge in [-0.05, 0) is 33.0 Å². The Hall–Kier alpha value is -1.69. The molecule has 98 valence electrons. The van der Waals surface area contributed by atoms with Crippen molar-refractivity contribution in [2.75, 3.05) is 32.1 Å². The van der Waals surface area contributed by atoms with Gasteiger partial charge >= 0.3 is 5.69 Å². The molecule has 1 aliphatic heterocycles. The van der Waals surface area contributed by atoms with Gasteiger partial charge in [-0.2, -0.15) is 0 Å². The summed E-state index contributed by atoms with van der Waals surface area (Å²) in [5.41, 5.74) is 0.0980. The van der Waals surface area contributed by atoms with Crippen molar-refractivity contribution in [1.29, 1.82) is 0 Å². The SMILES string of the molecule is CN(C)C1CCN(c2ncccc2[N+](=O)[O-])CC1. The zero-order valence-corrected chi connectivity index (χ0v) is 10.7. The largest absolute Gasteiger partial charge is 0.351 e. The summed E-state index contributed by atoms with van der Waals surface area (Å²) >= 11 is 0. The Morgan fingerprint density at radius 2 is 2.11 bits per heavy atom. The number of hydrogen-bond donors (Lipinski definition) is 0. The maximum Gasteiger partial charge on any atom is 0.311 e. The van der Waals surface area contributed by atoms with E-state index in [0.717, 1.165) is 25.9 Å². The first kappa shape index (κ1) is 12.8. The van der Waals surface area contributed by atoms with E-state index < -0.39 is 0 Å². The van der Waals surface area contributed by atoms with Gasteiger partial charge in [-0.25, -0.2) is 4.98 Å². The van der Waals surface area contributed by atoms with Crippen molar-refractivity contribution in [2.45, 2.75) is 18.9 Å². The fourth-order valence-electron chi connectivity index (χ4n) is 2.37. The second-order valence-corrected chi connectivity index (χ2v) is 4.79. The first-order valence-corrected chi connectivity index (χ1v) is 6.10. The van der Waals surface area contributed by atoms with Gasteiger partial charge in [0.05, 0.1) is 4.92 Å². The van der Waals surface area contributed by atoms with Crippen molar-refractivity contribution in [3.05, 3.63) is 28.4 Å². The molecule has 2 heterocycles. The van der Waals surface area contributed by atoms with Crippen LogP contribution in [0.4, 0.5) is 11.5 Å². The Balaban J connectivity index is 2.12. The first-order valence-electron chi connectivity index (χ1n) is 6.10. The average molecular weight is 250 g/mol. The van der Waals surface area contributed by atoms with Gasteiger partial charge in [-0.1, -0.05) is 0 Å². The highest BCUT2D eigenvalue weighted by atomic mass is 16.6. The number of aromatic nitrogens is 1. The Kier molecular flexibility index (Phi) is 3.76. The van der Waals surface area contributed by atoms with E-state index in [1.165, 1.54) is 6.07 Å². The van der Waals surface area contributed by atoms with Gasteiger partial charge in [0.2, 0.25) is 5.82 Å². The van der Waals surface area contributed by atoms with Gasteiger partial charge in [0.1, 0.15) is 0 Å². The van der Waals surface area contributed by atoms with Crippen LogP contribution in [0.5, 0.6) is 0 Å². The molecule has 0 atom stereocenters. The molecule has 1 saturated heterocycles. The third kappa shape index (κ3) is 2.59. The fourth-order valence-corrected chi connectivity index (χ4v) is 2.37. The van der Waals surface area contributed by atoms with E-state index in [0.29, 0.717) is 11.9 Å². The second-order valence-electron chi connectivity index (χ2n) is 4.79. The lowest BCUT2D eigenvalue weighted by Crippen LogP contribution is -2.42. The van der Waals surface area contributed by atoms with Crippen molar-refractivity contribution in [1.82, 2.24) is 9.88 Å². The van der Waals surface area contributed by atoms with Crippen LogP contribution >= 0.6 is 0 Å². The Morgan fingerprint density at radius 3 is 2.67 bits per heavy atom. The van der Waals surface area contributed by atoms with Gasteiger partial charge in [0.25, 0.3) is 0 Å². The quantitative estimate of drug-likeness (QED) is 0.601. The smallest absolute Gasteiger partial charge is 0.311 e. The lowest BCUT2D eigenvalue weighted by atomic mass is 10.0. The molecule has 6 nitrogen and oxygen atoms in total. The van der Waals surface area contributed by atoms with Gasteiger partial charge in [0.15, 0.2) is 0 Å². The Labute approximate surface area is 106 Å². The van der Waals surface area contributed by atoms with E-state index >= 15 is 0 Å². The summed E-state index contributed by atoms with van der Waals surface area (Å²) in [5.74, 6) is 0.500. The van der Waals surface area contributed by atoms with Crippen LogP contribution in [0, 0.1) is 10.1 Å². The summed E-state index contributed by atoms with van der Waals surface area (Å²) in [7, 11) is 4.15. The highest BCUT2D eigenvalue weighted by molar-refractivity contribution is 5.57. The molecule has 2 rings (SSSR count). The molecule has 0 radical (unpaired) electrons. The minimum Gasteiger partial charge on any atom is -0.351 e. The van der Waals surface area contributed by atoms with Gasteiger partial charge in [-0.3, -0.25) is 10.1 Å². The number of nitrogens with zero attached hydrogens (tertiary/aromatic N) is 4. The second kappa shape index (κ2) is 5.30. The number of piperidine rings is 1. The van der Waals surface area contributed by atoms with Crippen molar-refractivity contribution in [3.8, 4) is 0 Å². The summed E-state index contributed by atoms with van der Waals surface area (Å²) in [6.07, 6.45) is 3.64. The highest BCUT2D eigenvalue weighted by Gasteiger charge is 2.26.